The Morgan fingerprint density at radius 2 is 1.79 bits per heavy atom. The number of nitrogens with one attached hydrogen (secondary N) is 1. The summed E-state index contributed by atoms with van der Waals surface area (Å²) in [5.74, 6) is -2.41. The number of halogens is 5. The van der Waals surface area contributed by atoms with Crippen molar-refractivity contribution in [3.63, 3.8) is 0 Å². The number of amides is 1. The van der Waals surface area contributed by atoms with Crippen LogP contribution in [0.4, 0.5) is 13.2 Å². The number of Topliss-reactive ketones (excluding diaryl/α,β-unsaturated/α-hetero) is 1. The van der Waals surface area contributed by atoms with E-state index in [-0.39, 0.29) is 32.5 Å². The normalized spacial score (nSPS) is 19.1. The Morgan fingerprint density at radius 3 is 2.43 bits per heavy atom. The predicted octanol–water partition coefficient (Wildman–Crippen LogP) is 4.11. The Labute approximate surface area is 166 Å². The van der Waals surface area contributed by atoms with Crippen molar-refractivity contribution in [1.82, 2.24) is 14.9 Å². The summed E-state index contributed by atoms with van der Waals surface area (Å²) in [5, 5.41) is 2.02. The quantitative estimate of drug-likeness (QED) is 0.668. The number of imidazole rings is 1. The van der Waals surface area contributed by atoms with Crippen LogP contribution in [0.2, 0.25) is 10.0 Å². The van der Waals surface area contributed by atoms with E-state index in [1.807, 2.05) is 5.32 Å². The second-order valence-corrected chi connectivity index (χ2v) is 7.06. The number of fused-ring (bicyclic) bond motifs is 3. The number of hydrogen-bond acceptors (Lipinski definition) is 3. The molecule has 1 aliphatic rings. The van der Waals surface area contributed by atoms with Crippen LogP contribution in [0.15, 0.2) is 42.5 Å². The predicted molar refractivity (Wildman–Crippen MR) is 96.4 cm³/mol. The molecule has 3 aromatic rings. The van der Waals surface area contributed by atoms with Gasteiger partial charge < -0.3 is 5.32 Å². The van der Waals surface area contributed by atoms with Gasteiger partial charge in [0.15, 0.2) is 5.78 Å². The van der Waals surface area contributed by atoms with E-state index in [4.69, 9.17) is 23.2 Å². The van der Waals surface area contributed by atoms with Crippen LogP contribution in [0.25, 0.3) is 11.0 Å². The fraction of sp³-hybridized carbons (Fsp3) is 0.167. The van der Waals surface area contributed by atoms with E-state index >= 15 is 0 Å². The maximum atomic E-state index is 14.3. The third-order valence-electron chi connectivity index (χ3n) is 4.56. The monoisotopic (exact) mass is 427 g/mol. The van der Waals surface area contributed by atoms with Gasteiger partial charge in [0.25, 0.3) is 11.6 Å². The zero-order chi connectivity index (χ0) is 20.3. The zero-order valence-corrected chi connectivity index (χ0v) is 15.4. The van der Waals surface area contributed by atoms with Crippen molar-refractivity contribution >= 4 is 45.9 Å². The highest BCUT2D eigenvalue weighted by Gasteiger charge is 2.66. The average molecular weight is 428 g/mol. The molecule has 5 nitrogen and oxygen atoms in total. The largest absolute Gasteiger partial charge is 0.438 e. The maximum absolute atomic E-state index is 14.3. The number of hydrogen-bond donors (Lipinski definition) is 1. The van der Waals surface area contributed by atoms with E-state index in [1.165, 1.54) is 36.4 Å². The summed E-state index contributed by atoms with van der Waals surface area (Å²) in [4.78, 5) is 29.2. The molecule has 1 N–H and O–H groups in total. The highest BCUT2D eigenvalue weighted by molar-refractivity contribution is 6.42. The third-order valence-corrected chi connectivity index (χ3v) is 5.29. The summed E-state index contributed by atoms with van der Waals surface area (Å²) >= 11 is 11.9. The van der Waals surface area contributed by atoms with Crippen molar-refractivity contribution < 1.29 is 22.8 Å². The molecule has 0 aliphatic carbocycles. The van der Waals surface area contributed by atoms with Crippen LogP contribution in [-0.4, -0.2) is 27.4 Å². The van der Waals surface area contributed by atoms with Gasteiger partial charge in [-0.3, -0.25) is 14.2 Å². The van der Waals surface area contributed by atoms with E-state index in [0.29, 0.717) is 4.57 Å². The smallest absolute Gasteiger partial charge is 0.315 e. The van der Waals surface area contributed by atoms with Gasteiger partial charge in [0.2, 0.25) is 0 Å². The van der Waals surface area contributed by atoms with E-state index in [1.54, 1.807) is 6.07 Å². The molecule has 0 saturated heterocycles. The van der Waals surface area contributed by atoms with Gasteiger partial charge in [0, 0.05) is 5.56 Å². The number of ketones is 1. The number of nitrogens with zero attached hydrogens (tertiary/aromatic N) is 2. The lowest BCUT2D eigenvalue weighted by Gasteiger charge is -2.33. The molecule has 1 aliphatic heterocycles. The minimum absolute atomic E-state index is 0.00155. The second kappa shape index (κ2) is 6.22. The number of benzene rings is 2. The lowest BCUT2D eigenvalue weighted by molar-refractivity contribution is -0.214. The van der Waals surface area contributed by atoms with Crippen LogP contribution in [0, 0.1) is 0 Å². The van der Waals surface area contributed by atoms with Crippen LogP contribution in [0.3, 0.4) is 0 Å². The minimum atomic E-state index is -5.13. The molecule has 0 bridgehead atoms. The summed E-state index contributed by atoms with van der Waals surface area (Å²) in [6.07, 6.45) is -5.72. The van der Waals surface area contributed by atoms with Crippen molar-refractivity contribution in [3.8, 4) is 0 Å². The number of rotatable bonds is 2. The molecule has 0 fully saturated rings. The molecule has 28 heavy (non-hydrogen) atoms. The molecule has 2 heterocycles. The number of aromatic nitrogens is 2. The van der Waals surface area contributed by atoms with Crippen molar-refractivity contribution in [2.75, 3.05) is 0 Å². The molecular weight excluding hydrogens is 418 g/mol. The SMILES string of the molecule is O=C(NC1(C(F)(F)F)C(=O)Cc2nc3cc(Cl)c(Cl)cc3n21)c1ccccc1. The molecule has 10 heteroatoms. The van der Waals surface area contributed by atoms with E-state index in [0.717, 1.165) is 0 Å². The van der Waals surface area contributed by atoms with Crippen molar-refractivity contribution in [1.29, 1.82) is 0 Å². The van der Waals surface area contributed by atoms with Crippen LogP contribution in [0.5, 0.6) is 0 Å². The first kappa shape index (κ1) is 18.8. The number of carbonyl (C=O) groups excluding carboxylic acids is 2. The molecule has 1 aromatic heterocycles. The molecule has 1 atom stereocenters. The molecule has 4 rings (SSSR count). The molecule has 0 saturated carbocycles. The van der Waals surface area contributed by atoms with E-state index in [2.05, 4.69) is 4.98 Å². The Balaban J connectivity index is 1.95. The fourth-order valence-electron chi connectivity index (χ4n) is 3.32. The Morgan fingerprint density at radius 1 is 1.14 bits per heavy atom. The summed E-state index contributed by atoms with van der Waals surface area (Å²) < 4.78 is 43.5. The molecule has 0 spiro atoms. The Bertz CT molecular complexity index is 1130. The summed E-state index contributed by atoms with van der Waals surface area (Å²) in [6, 6.07) is 9.84. The fourth-order valence-corrected chi connectivity index (χ4v) is 3.63. The minimum Gasteiger partial charge on any atom is -0.315 e. The summed E-state index contributed by atoms with van der Waals surface area (Å²) in [5.41, 5.74) is -3.22. The zero-order valence-electron chi connectivity index (χ0n) is 13.8. The van der Waals surface area contributed by atoms with Crippen LogP contribution < -0.4 is 5.32 Å². The van der Waals surface area contributed by atoms with Crippen LogP contribution in [-0.2, 0) is 16.9 Å². The van der Waals surface area contributed by atoms with Gasteiger partial charge in [0.1, 0.15) is 5.82 Å². The number of alkyl halides is 3. The Kier molecular flexibility index (Phi) is 4.17. The van der Waals surface area contributed by atoms with E-state index < -0.39 is 30.0 Å². The topological polar surface area (TPSA) is 64.0 Å². The van der Waals surface area contributed by atoms with Crippen LogP contribution >= 0.6 is 23.2 Å². The highest BCUT2D eigenvalue weighted by atomic mass is 35.5. The average Bonchev–Trinajstić information content (AvgIpc) is 3.10. The van der Waals surface area contributed by atoms with Gasteiger partial charge >= 0.3 is 6.18 Å². The van der Waals surface area contributed by atoms with E-state index in [9.17, 15) is 22.8 Å². The Hall–Kier alpha value is -2.58. The first-order chi connectivity index (χ1) is 13.1. The van der Waals surface area contributed by atoms with Crippen LogP contribution in [0.1, 0.15) is 16.2 Å². The molecule has 1 unspecified atom stereocenters. The molecule has 2 aromatic carbocycles. The highest BCUT2D eigenvalue weighted by Crippen LogP contribution is 2.44. The van der Waals surface area contributed by atoms with Gasteiger partial charge in [-0.25, -0.2) is 4.98 Å². The van der Waals surface area contributed by atoms with Gasteiger partial charge in [0.05, 0.1) is 27.5 Å². The first-order valence-corrected chi connectivity index (χ1v) is 8.75. The molecule has 144 valence electrons. The second-order valence-electron chi connectivity index (χ2n) is 6.25. The molecule has 1 amide bonds. The maximum Gasteiger partial charge on any atom is 0.438 e. The summed E-state index contributed by atoms with van der Waals surface area (Å²) in [7, 11) is 0. The van der Waals surface area contributed by atoms with Crippen molar-refractivity contribution in [2.24, 2.45) is 0 Å². The van der Waals surface area contributed by atoms with Gasteiger partial charge in [-0.1, -0.05) is 41.4 Å². The summed E-state index contributed by atoms with van der Waals surface area (Å²) in [6.45, 7) is 0. The molecular formula is C18H10Cl2F3N3O2. The van der Waals surface area contributed by atoms with Crippen molar-refractivity contribution in [3.05, 3.63) is 63.9 Å². The number of carbonyl (C=O) groups is 2. The van der Waals surface area contributed by atoms with Gasteiger partial charge in [-0.15, -0.1) is 0 Å². The lowest BCUT2D eigenvalue weighted by Crippen LogP contribution is -2.62. The van der Waals surface area contributed by atoms with Gasteiger partial charge in [-0.05, 0) is 24.3 Å². The third kappa shape index (κ3) is 2.59. The standard InChI is InChI=1S/C18H10Cl2F3N3O2/c19-10-6-12-13(7-11(10)20)26-15(24-12)8-14(27)17(26,18(21,22)23)25-16(28)9-4-2-1-3-5-9/h1-7H,8H2,(H,25,28). The van der Waals surface area contributed by atoms with Gasteiger partial charge in [-0.2, -0.15) is 13.2 Å². The lowest BCUT2D eigenvalue weighted by atomic mass is 10.0. The first-order valence-electron chi connectivity index (χ1n) is 7.99. The van der Waals surface area contributed by atoms with Crippen molar-refractivity contribution in [2.45, 2.75) is 18.3 Å². The molecule has 0 radical (unpaired) electrons.